The van der Waals surface area contributed by atoms with Crippen molar-refractivity contribution in [2.75, 3.05) is 47.4 Å². The number of nitrogens with one attached hydrogen (secondary N) is 1. The number of amides is 2. The van der Waals surface area contributed by atoms with E-state index in [1.165, 1.54) is 0 Å². The van der Waals surface area contributed by atoms with Crippen molar-refractivity contribution >= 4 is 11.8 Å². The van der Waals surface area contributed by atoms with E-state index in [1.54, 1.807) is 12.0 Å². The number of benzene rings is 1. The lowest BCUT2D eigenvalue weighted by Crippen LogP contribution is -2.37. The van der Waals surface area contributed by atoms with Crippen LogP contribution >= 0.6 is 0 Å². The zero-order valence-electron chi connectivity index (χ0n) is 15.4. The molecule has 0 unspecified atom stereocenters. The molecule has 2 atom stereocenters. The van der Waals surface area contributed by atoms with Gasteiger partial charge < -0.3 is 19.9 Å². The number of hydrogen-bond donors (Lipinski definition) is 1. The van der Waals surface area contributed by atoms with Crippen molar-refractivity contribution in [3.63, 3.8) is 0 Å². The van der Waals surface area contributed by atoms with Gasteiger partial charge in [0.2, 0.25) is 11.8 Å². The third kappa shape index (κ3) is 5.28. The molecule has 1 heterocycles. The zero-order chi connectivity index (χ0) is 18.2. The Kier molecular flexibility index (Phi) is 7.40. The molecule has 2 amide bonds. The highest BCUT2D eigenvalue weighted by atomic mass is 16.5. The van der Waals surface area contributed by atoms with E-state index >= 15 is 0 Å². The van der Waals surface area contributed by atoms with Gasteiger partial charge in [-0.3, -0.25) is 9.59 Å². The number of likely N-dealkylation sites (tertiary alicyclic amines) is 1. The maximum absolute atomic E-state index is 12.7. The van der Waals surface area contributed by atoms with E-state index in [4.69, 9.17) is 4.74 Å². The Balaban J connectivity index is 2.09. The molecule has 0 aromatic heterocycles. The van der Waals surface area contributed by atoms with E-state index < -0.39 is 0 Å². The molecule has 1 N–H and O–H groups in total. The second-order valence-electron chi connectivity index (χ2n) is 6.69. The summed E-state index contributed by atoms with van der Waals surface area (Å²) in [4.78, 5) is 29.1. The molecule has 25 heavy (non-hydrogen) atoms. The fourth-order valence-electron chi connectivity index (χ4n) is 3.28. The van der Waals surface area contributed by atoms with Crippen LogP contribution in [0.25, 0.3) is 0 Å². The van der Waals surface area contributed by atoms with Gasteiger partial charge in [-0.05, 0) is 32.6 Å². The number of carbonyl (C=O) groups is 2. The van der Waals surface area contributed by atoms with Crippen LogP contribution in [0.3, 0.4) is 0 Å². The Hall–Kier alpha value is -1.92. The predicted molar refractivity (Wildman–Crippen MR) is 97.1 cm³/mol. The number of carbonyl (C=O) groups excluding carboxylic acids is 2. The first-order valence-electron chi connectivity index (χ1n) is 8.80. The molecular weight excluding hydrogens is 318 g/mol. The summed E-state index contributed by atoms with van der Waals surface area (Å²) in [7, 11) is 5.64. The quantitative estimate of drug-likeness (QED) is 0.684. The zero-order valence-corrected chi connectivity index (χ0v) is 15.4. The molecular formula is C19H29N3O3. The molecule has 1 fully saturated rings. The van der Waals surface area contributed by atoms with Crippen molar-refractivity contribution in [3.8, 4) is 0 Å². The third-order valence-electron chi connectivity index (χ3n) is 4.53. The average Bonchev–Trinajstić information content (AvgIpc) is 2.93. The molecule has 0 saturated carbocycles. The van der Waals surface area contributed by atoms with E-state index in [1.807, 2.05) is 44.4 Å². The standard InChI is InChI=1S/C19H29N3O3/c1-21(2)11-7-10-20-19(24)16-14-17(23)22(12-13-25-3)18(16)15-8-5-4-6-9-15/h4-6,8-9,16,18H,7,10-14H2,1-3H3,(H,20,24)/t16-,18+/m1/s1. The molecule has 1 aliphatic heterocycles. The molecule has 2 rings (SSSR count). The van der Waals surface area contributed by atoms with Crippen LogP contribution in [0, 0.1) is 5.92 Å². The van der Waals surface area contributed by atoms with Gasteiger partial charge in [0.1, 0.15) is 0 Å². The molecule has 138 valence electrons. The first-order chi connectivity index (χ1) is 12.0. The van der Waals surface area contributed by atoms with E-state index in [0.29, 0.717) is 19.7 Å². The summed E-state index contributed by atoms with van der Waals surface area (Å²) >= 11 is 0. The van der Waals surface area contributed by atoms with Crippen molar-refractivity contribution in [2.45, 2.75) is 18.9 Å². The van der Waals surface area contributed by atoms with Crippen LogP contribution in [0.2, 0.25) is 0 Å². The SMILES string of the molecule is COCCN1C(=O)C[C@@H](C(=O)NCCCN(C)C)[C@@H]1c1ccccc1. The Morgan fingerprint density at radius 3 is 2.68 bits per heavy atom. The van der Waals surface area contributed by atoms with Gasteiger partial charge in [-0.2, -0.15) is 0 Å². The first-order valence-corrected chi connectivity index (χ1v) is 8.80. The fraction of sp³-hybridized carbons (Fsp3) is 0.579. The average molecular weight is 347 g/mol. The summed E-state index contributed by atoms with van der Waals surface area (Å²) in [5, 5.41) is 3.00. The summed E-state index contributed by atoms with van der Waals surface area (Å²) in [6.45, 7) is 2.51. The lowest BCUT2D eigenvalue weighted by molar-refractivity contribution is -0.129. The van der Waals surface area contributed by atoms with Crippen molar-refractivity contribution < 1.29 is 14.3 Å². The summed E-state index contributed by atoms with van der Waals surface area (Å²) < 4.78 is 5.13. The monoisotopic (exact) mass is 347 g/mol. The summed E-state index contributed by atoms with van der Waals surface area (Å²) in [5.41, 5.74) is 0.998. The van der Waals surface area contributed by atoms with Crippen LogP contribution in [0.15, 0.2) is 30.3 Å². The van der Waals surface area contributed by atoms with Crippen LogP contribution < -0.4 is 5.32 Å². The lowest BCUT2D eigenvalue weighted by Gasteiger charge is -2.28. The number of nitrogens with zero attached hydrogens (tertiary/aromatic N) is 2. The molecule has 6 heteroatoms. The summed E-state index contributed by atoms with van der Waals surface area (Å²) in [6.07, 6.45) is 1.14. The maximum Gasteiger partial charge on any atom is 0.226 e. The number of rotatable bonds is 9. The minimum Gasteiger partial charge on any atom is -0.383 e. The van der Waals surface area contributed by atoms with Gasteiger partial charge in [0.15, 0.2) is 0 Å². The van der Waals surface area contributed by atoms with Crippen LogP contribution in [0.5, 0.6) is 0 Å². The largest absolute Gasteiger partial charge is 0.383 e. The summed E-state index contributed by atoms with van der Waals surface area (Å²) in [5.74, 6) is -0.383. The second kappa shape index (κ2) is 9.53. The van der Waals surface area contributed by atoms with Crippen molar-refractivity contribution in [3.05, 3.63) is 35.9 Å². The van der Waals surface area contributed by atoms with Crippen LogP contribution in [-0.2, 0) is 14.3 Å². The molecule has 0 spiro atoms. The highest BCUT2D eigenvalue weighted by Crippen LogP contribution is 2.38. The number of ether oxygens (including phenoxy) is 1. The van der Waals surface area contributed by atoms with Crippen molar-refractivity contribution in [1.82, 2.24) is 15.1 Å². The van der Waals surface area contributed by atoms with Gasteiger partial charge in [0, 0.05) is 26.6 Å². The van der Waals surface area contributed by atoms with Crippen LogP contribution in [0.4, 0.5) is 0 Å². The minimum atomic E-state index is -0.355. The van der Waals surface area contributed by atoms with E-state index in [9.17, 15) is 9.59 Å². The summed E-state index contributed by atoms with van der Waals surface area (Å²) in [6, 6.07) is 9.57. The number of methoxy groups -OCH3 is 1. The van der Waals surface area contributed by atoms with Gasteiger partial charge in [-0.1, -0.05) is 30.3 Å². The molecule has 1 aromatic rings. The topological polar surface area (TPSA) is 61.9 Å². The lowest BCUT2D eigenvalue weighted by atomic mass is 9.92. The minimum absolute atomic E-state index is 0.0133. The Morgan fingerprint density at radius 2 is 2.04 bits per heavy atom. The maximum atomic E-state index is 12.7. The van der Waals surface area contributed by atoms with Crippen LogP contribution in [0.1, 0.15) is 24.4 Å². The molecule has 1 aromatic carbocycles. The Labute approximate surface area is 150 Å². The van der Waals surface area contributed by atoms with E-state index in [2.05, 4.69) is 10.2 Å². The van der Waals surface area contributed by atoms with Crippen molar-refractivity contribution in [1.29, 1.82) is 0 Å². The molecule has 6 nitrogen and oxygen atoms in total. The smallest absolute Gasteiger partial charge is 0.226 e. The van der Waals surface area contributed by atoms with Crippen molar-refractivity contribution in [2.24, 2.45) is 5.92 Å². The van der Waals surface area contributed by atoms with Gasteiger partial charge in [-0.15, -0.1) is 0 Å². The predicted octanol–water partition coefficient (Wildman–Crippen LogP) is 1.29. The van der Waals surface area contributed by atoms with Gasteiger partial charge >= 0.3 is 0 Å². The fourth-order valence-corrected chi connectivity index (χ4v) is 3.28. The van der Waals surface area contributed by atoms with Gasteiger partial charge in [0.05, 0.1) is 18.6 Å². The van der Waals surface area contributed by atoms with Gasteiger partial charge in [-0.25, -0.2) is 0 Å². The Morgan fingerprint density at radius 1 is 1.32 bits per heavy atom. The first kappa shape index (κ1) is 19.4. The van der Waals surface area contributed by atoms with E-state index in [0.717, 1.165) is 18.5 Å². The molecule has 1 saturated heterocycles. The molecule has 0 aliphatic carbocycles. The van der Waals surface area contributed by atoms with E-state index in [-0.39, 0.29) is 30.2 Å². The highest BCUT2D eigenvalue weighted by Gasteiger charge is 2.43. The highest BCUT2D eigenvalue weighted by molar-refractivity contribution is 5.90. The third-order valence-corrected chi connectivity index (χ3v) is 4.53. The second-order valence-corrected chi connectivity index (χ2v) is 6.69. The van der Waals surface area contributed by atoms with Crippen LogP contribution in [-0.4, -0.2) is 69.1 Å². The number of hydrogen-bond acceptors (Lipinski definition) is 4. The van der Waals surface area contributed by atoms with Gasteiger partial charge in [0.25, 0.3) is 0 Å². The molecule has 0 radical (unpaired) electrons. The molecule has 0 bridgehead atoms. The Bertz CT molecular complexity index is 562. The normalized spacial score (nSPS) is 20.3. The molecule has 1 aliphatic rings.